The van der Waals surface area contributed by atoms with Crippen molar-refractivity contribution in [3.05, 3.63) is 96.1 Å². The number of benzene rings is 3. The van der Waals surface area contributed by atoms with Crippen molar-refractivity contribution in [3.63, 3.8) is 0 Å². The number of rotatable bonds is 9. The lowest BCUT2D eigenvalue weighted by Crippen LogP contribution is -2.57. The fraction of sp³-hybridized carbons (Fsp3) is 0.344. The van der Waals surface area contributed by atoms with Gasteiger partial charge in [-0.3, -0.25) is 9.59 Å². The molecule has 3 aromatic carbocycles. The molecular formula is C32H36N2O6S. The number of anilines is 1. The summed E-state index contributed by atoms with van der Waals surface area (Å²) >= 11 is 0. The lowest BCUT2D eigenvalue weighted by molar-refractivity contribution is -0.162. The first-order chi connectivity index (χ1) is 19.7. The third-order valence-electron chi connectivity index (χ3n) is 8.18. The van der Waals surface area contributed by atoms with Crippen LogP contribution in [0, 0.1) is 0 Å². The van der Waals surface area contributed by atoms with Gasteiger partial charge < -0.3 is 24.4 Å². The molecule has 0 saturated carbocycles. The highest BCUT2D eigenvalue weighted by Gasteiger charge is 2.72. The normalized spacial score (nSPS) is 24.0. The SMILES string of the molecule is CCN(C(=O)S1(CO)[C@@H]2CC(=O)N2[C@@H](C(=O)OCc2ccccc2)C1(C)C)c1ccc(OCc2ccccc2)cc1. The lowest BCUT2D eigenvalue weighted by atomic mass is 9.98. The molecule has 216 valence electrons. The van der Waals surface area contributed by atoms with Crippen LogP contribution in [0.5, 0.6) is 5.75 Å². The Morgan fingerprint density at radius 2 is 1.54 bits per heavy atom. The van der Waals surface area contributed by atoms with E-state index in [1.807, 2.05) is 106 Å². The van der Waals surface area contributed by atoms with E-state index < -0.39 is 38.1 Å². The number of aliphatic hydroxyl groups excluding tert-OH is 1. The number of aliphatic hydroxyl groups is 1. The topological polar surface area (TPSA) is 96.4 Å². The Hall–Kier alpha value is -3.82. The van der Waals surface area contributed by atoms with Gasteiger partial charge in [0.1, 0.15) is 25.0 Å². The number of carbonyl (C=O) groups excluding carboxylic acids is 3. The quantitative estimate of drug-likeness (QED) is 0.270. The molecule has 2 aliphatic heterocycles. The number of hydrogen-bond donors (Lipinski definition) is 1. The van der Waals surface area contributed by atoms with E-state index in [2.05, 4.69) is 0 Å². The van der Waals surface area contributed by atoms with E-state index in [1.165, 1.54) is 4.90 Å². The molecular weight excluding hydrogens is 540 g/mol. The van der Waals surface area contributed by atoms with Crippen LogP contribution >= 0.6 is 10.0 Å². The molecule has 0 aliphatic carbocycles. The first kappa shape index (κ1) is 28.7. The van der Waals surface area contributed by atoms with Gasteiger partial charge in [0.05, 0.1) is 17.7 Å². The molecule has 3 atom stereocenters. The Morgan fingerprint density at radius 1 is 0.951 bits per heavy atom. The Morgan fingerprint density at radius 3 is 2.07 bits per heavy atom. The fourth-order valence-corrected chi connectivity index (χ4v) is 10.2. The summed E-state index contributed by atoms with van der Waals surface area (Å²) in [5.41, 5.74) is 2.54. The van der Waals surface area contributed by atoms with Crippen LogP contribution < -0.4 is 9.64 Å². The van der Waals surface area contributed by atoms with E-state index in [1.54, 1.807) is 4.90 Å². The summed E-state index contributed by atoms with van der Waals surface area (Å²) in [6.45, 7) is 6.34. The predicted molar refractivity (Wildman–Crippen MR) is 160 cm³/mol. The van der Waals surface area contributed by atoms with Gasteiger partial charge in [0.2, 0.25) is 5.91 Å². The van der Waals surface area contributed by atoms with Crippen molar-refractivity contribution < 1.29 is 29.0 Å². The summed E-state index contributed by atoms with van der Waals surface area (Å²) in [5.74, 6) is -0.521. The highest BCUT2D eigenvalue weighted by Crippen LogP contribution is 2.74. The van der Waals surface area contributed by atoms with E-state index in [9.17, 15) is 19.5 Å². The number of hydrogen-bond acceptors (Lipinski definition) is 6. The molecule has 0 spiro atoms. The second-order valence-corrected chi connectivity index (χ2v) is 14.5. The summed E-state index contributed by atoms with van der Waals surface area (Å²) in [4.78, 5) is 43.9. The number of fused-ring (bicyclic) bond motifs is 1. The van der Waals surface area contributed by atoms with Crippen LogP contribution in [0.25, 0.3) is 0 Å². The van der Waals surface area contributed by atoms with Gasteiger partial charge in [-0.05, 0) is 56.2 Å². The maximum atomic E-state index is 14.5. The average molecular weight is 577 g/mol. The van der Waals surface area contributed by atoms with Crippen LogP contribution in [0.2, 0.25) is 0 Å². The minimum absolute atomic E-state index is 0.0636. The Kier molecular flexibility index (Phi) is 8.11. The zero-order valence-corrected chi connectivity index (χ0v) is 24.4. The largest absolute Gasteiger partial charge is 0.489 e. The van der Waals surface area contributed by atoms with E-state index >= 15 is 0 Å². The Bertz CT molecular complexity index is 1400. The zero-order chi connectivity index (χ0) is 29.2. The Balaban J connectivity index is 1.38. The molecule has 2 saturated heterocycles. The van der Waals surface area contributed by atoms with Gasteiger partial charge in [-0.15, -0.1) is 10.0 Å². The highest BCUT2D eigenvalue weighted by molar-refractivity contribution is 8.46. The molecule has 2 aliphatic rings. The molecule has 3 aromatic rings. The van der Waals surface area contributed by atoms with Gasteiger partial charge in [0.25, 0.3) is 5.24 Å². The van der Waals surface area contributed by atoms with Crippen molar-refractivity contribution in [1.82, 2.24) is 4.90 Å². The smallest absolute Gasteiger partial charge is 0.330 e. The predicted octanol–water partition coefficient (Wildman–Crippen LogP) is 5.43. The molecule has 5 rings (SSSR count). The number of ether oxygens (including phenoxy) is 2. The van der Waals surface area contributed by atoms with Crippen molar-refractivity contribution in [1.29, 1.82) is 0 Å². The first-order valence-electron chi connectivity index (χ1n) is 13.7. The number of esters is 1. The molecule has 2 amide bonds. The third-order valence-corrected chi connectivity index (χ3v) is 12.9. The maximum absolute atomic E-state index is 14.5. The van der Waals surface area contributed by atoms with Crippen molar-refractivity contribution >= 4 is 32.8 Å². The molecule has 9 heteroatoms. The molecule has 1 unspecified atom stereocenters. The first-order valence-corrected chi connectivity index (χ1v) is 15.6. The third kappa shape index (κ3) is 4.97. The van der Waals surface area contributed by atoms with E-state index in [0.29, 0.717) is 24.6 Å². The second-order valence-electron chi connectivity index (χ2n) is 10.8. The van der Waals surface area contributed by atoms with Gasteiger partial charge in [-0.2, -0.15) is 0 Å². The van der Waals surface area contributed by atoms with Crippen LogP contribution in [0.15, 0.2) is 84.9 Å². The van der Waals surface area contributed by atoms with Crippen LogP contribution in [0.4, 0.5) is 10.5 Å². The minimum Gasteiger partial charge on any atom is -0.489 e. The number of amides is 2. The van der Waals surface area contributed by atoms with Crippen LogP contribution in [-0.2, 0) is 27.5 Å². The molecule has 41 heavy (non-hydrogen) atoms. The molecule has 0 radical (unpaired) electrons. The van der Waals surface area contributed by atoms with E-state index in [4.69, 9.17) is 9.47 Å². The van der Waals surface area contributed by atoms with Crippen LogP contribution in [0.3, 0.4) is 0 Å². The van der Waals surface area contributed by atoms with Crippen molar-refractivity contribution in [2.75, 3.05) is 17.4 Å². The van der Waals surface area contributed by atoms with Gasteiger partial charge in [-0.1, -0.05) is 60.7 Å². The molecule has 0 bridgehead atoms. The fourth-order valence-electron chi connectivity index (χ4n) is 5.86. The lowest BCUT2D eigenvalue weighted by Gasteiger charge is -2.50. The highest BCUT2D eigenvalue weighted by atomic mass is 32.3. The summed E-state index contributed by atoms with van der Waals surface area (Å²) in [7, 11) is -2.61. The van der Waals surface area contributed by atoms with Crippen molar-refractivity contribution in [2.24, 2.45) is 0 Å². The van der Waals surface area contributed by atoms with Crippen LogP contribution in [0.1, 0.15) is 38.3 Å². The summed E-state index contributed by atoms with van der Waals surface area (Å²) in [6.07, 6.45) is 0.122. The molecule has 2 fully saturated rings. The molecule has 0 aromatic heterocycles. The molecule has 2 heterocycles. The molecule has 1 N–H and O–H groups in total. The van der Waals surface area contributed by atoms with Crippen LogP contribution in [-0.4, -0.2) is 55.8 Å². The number of nitrogens with zero attached hydrogens (tertiary/aromatic N) is 2. The minimum atomic E-state index is -2.61. The van der Waals surface area contributed by atoms with E-state index in [0.717, 1.165) is 11.1 Å². The zero-order valence-electron chi connectivity index (χ0n) is 23.6. The number of β-lactam (4-membered cyclic amide) rings is 1. The second kappa shape index (κ2) is 11.6. The van der Waals surface area contributed by atoms with Gasteiger partial charge in [0.15, 0.2) is 0 Å². The number of carbonyl (C=O) groups is 3. The standard InChI is InChI=1S/C32H36N2O6S/c1-4-33(25-15-17-26(18-16-25)39-20-23-11-7-5-8-12-23)31(38)41(22-35)28-19-27(36)34(28)29(32(41,2)3)30(37)40-21-24-13-9-6-10-14-24/h5-18,28-29,35H,4,19-22H2,1-3H3/t28-,29+/m1/s1. The molecule has 8 nitrogen and oxygen atoms in total. The van der Waals surface area contributed by atoms with Gasteiger partial charge >= 0.3 is 5.97 Å². The van der Waals surface area contributed by atoms with E-state index in [-0.39, 0.29) is 24.2 Å². The monoisotopic (exact) mass is 576 g/mol. The van der Waals surface area contributed by atoms with Gasteiger partial charge in [-0.25, -0.2) is 4.79 Å². The summed E-state index contributed by atoms with van der Waals surface area (Å²) in [6, 6.07) is 25.5. The van der Waals surface area contributed by atoms with Gasteiger partial charge in [0, 0.05) is 17.0 Å². The summed E-state index contributed by atoms with van der Waals surface area (Å²) < 4.78 is 10.6. The van der Waals surface area contributed by atoms with Crippen molar-refractivity contribution in [3.8, 4) is 5.75 Å². The Labute approximate surface area is 242 Å². The van der Waals surface area contributed by atoms with Crippen molar-refractivity contribution in [2.45, 2.75) is 56.6 Å². The average Bonchev–Trinajstić information content (AvgIpc) is 3.16. The summed E-state index contributed by atoms with van der Waals surface area (Å²) in [5, 5.41) is 10.2. The maximum Gasteiger partial charge on any atom is 0.330 e.